The first-order valence-corrected chi connectivity index (χ1v) is 15.3. The zero-order chi connectivity index (χ0) is 29.1. The first kappa shape index (κ1) is 27.0. The van der Waals surface area contributed by atoms with Crippen LogP contribution in [-0.4, -0.2) is 18.3 Å². The lowest BCUT2D eigenvalue weighted by atomic mass is 9.77. The summed E-state index contributed by atoms with van der Waals surface area (Å²) in [5.41, 5.74) is 7.17. The second-order valence-corrected chi connectivity index (χ2v) is 13.2. The molecule has 208 valence electrons. The van der Waals surface area contributed by atoms with E-state index in [1.807, 2.05) is 11.3 Å². The second-order valence-electron chi connectivity index (χ2n) is 12.2. The van der Waals surface area contributed by atoms with E-state index in [2.05, 4.69) is 155 Å². The maximum absolute atomic E-state index is 6.48. The zero-order valence-corrected chi connectivity index (χ0v) is 25.5. The third-order valence-corrected chi connectivity index (χ3v) is 9.91. The fourth-order valence-electron chi connectivity index (χ4n) is 5.84. The molecule has 1 fully saturated rings. The first-order chi connectivity index (χ1) is 20.2. The molecule has 0 bridgehead atoms. The minimum Gasteiger partial charge on any atom is -0.399 e. The Bertz CT molecular complexity index is 1860. The summed E-state index contributed by atoms with van der Waals surface area (Å²) in [4.78, 5) is 2.35. The standard InChI is InChI=1S/C37H34BNO2S/c1-25-20-26(22-27(21-25)38-40-36(2,3)37(4,5)41-38)32-23-30(24-33-31-18-12-13-19-34(31)42-35(32)33)39(28-14-8-6-9-15-28)29-16-10-7-11-17-29/h6-24H,1-5H3. The van der Waals surface area contributed by atoms with E-state index >= 15 is 0 Å². The summed E-state index contributed by atoms with van der Waals surface area (Å²) in [7, 11) is -0.417. The highest BCUT2D eigenvalue weighted by atomic mass is 32.1. The summed E-state index contributed by atoms with van der Waals surface area (Å²) in [5.74, 6) is 0. The fourth-order valence-corrected chi connectivity index (χ4v) is 7.06. The van der Waals surface area contributed by atoms with Gasteiger partial charge in [0.25, 0.3) is 0 Å². The second kappa shape index (κ2) is 10.1. The predicted octanol–water partition coefficient (Wildman–Crippen LogP) is 9.80. The molecule has 0 N–H and O–H groups in total. The number of thiophene rings is 1. The van der Waals surface area contributed by atoms with Crippen LogP contribution in [0, 0.1) is 6.92 Å². The molecule has 5 aromatic carbocycles. The van der Waals surface area contributed by atoms with Gasteiger partial charge in [-0.3, -0.25) is 0 Å². The third-order valence-electron chi connectivity index (χ3n) is 8.69. The van der Waals surface area contributed by atoms with Crippen molar-refractivity contribution in [3.8, 4) is 11.1 Å². The van der Waals surface area contributed by atoms with Crippen LogP contribution in [-0.2, 0) is 9.31 Å². The minimum atomic E-state index is -0.417. The van der Waals surface area contributed by atoms with Crippen molar-refractivity contribution in [2.45, 2.75) is 45.8 Å². The van der Waals surface area contributed by atoms with Gasteiger partial charge in [0.05, 0.1) is 11.2 Å². The van der Waals surface area contributed by atoms with Gasteiger partial charge in [0.1, 0.15) is 0 Å². The molecular formula is C37H34BNO2S. The van der Waals surface area contributed by atoms with E-state index in [4.69, 9.17) is 9.31 Å². The highest BCUT2D eigenvalue weighted by Crippen LogP contribution is 2.45. The molecule has 0 atom stereocenters. The van der Waals surface area contributed by atoms with E-state index in [0.29, 0.717) is 0 Å². The molecule has 7 rings (SSSR count). The number of hydrogen-bond acceptors (Lipinski definition) is 4. The van der Waals surface area contributed by atoms with Crippen molar-refractivity contribution < 1.29 is 9.31 Å². The van der Waals surface area contributed by atoms with E-state index in [9.17, 15) is 0 Å². The van der Waals surface area contributed by atoms with Gasteiger partial charge in [0.15, 0.2) is 0 Å². The molecule has 1 saturated heterocycles. The quantitative estimate of drug-likeness (QED) is 0.194. The third kappa shape index (κ3) is 4.62. The molecule has 0 radical (unpaired) electrons. The van der Waals surface area contributed by atoms with Crippen LogP contribution in [0.4, 0.5) is 17.1 Å². The van der Waals surface area contributed by atoms with Gasteiger partial charge < -0.3 is 14.2 Å². The zero-order valence-electron chi connectivity index (χ0n) is 24.7. The Kier molecular flexibility index (Phi) is 6.50. The van der Waals surface area contributed by atoms with E-state index < -0.39 is 18.3 Å². The van der Waals surface area contributed by atoms with Gasteiger partial charge in [0, 0.05) is 42.8 Å². The van der Waals surface area contributed by atoms with Crippen LogP contribution >= 0.6 is 11.3 Å². The van der Waals surface area contributed by atoms with Crippen LogP contribution in [0.1, 0.15) is 33.3 Å². The van der Waals surface area contributed by atoms with Crippen LogP contribution < -0.4 is 10.4 Å². The van der Waals surface area contributed by atoms with Gasteiger partial charge in [-0.15, -0.1) is 11.3 Å². The van der Waals surface area contributed by atoms with Crippen molar-refractivity contribution in [3.05, 3.63) is 121 Å². The Morgan fingerprint density at radius 3 is 1.86 bits per heavy atom. The van der Waals surface area contributed by atoms with Gasteiger partial charge in [-0.1, -0.05) is 78.4 Å². The van der Waals surface area contributed by atoms with Crippen LogP contribution in [0.5, 0.6) is 0 Å². The monoisotopic (exact) mass is 567 g/mol. The molecule has 1 aliphatic rings. The Hall–Kier alpha value is -3.90. The predicted molar refractivity (Wildman–Crippen MR) is 180 cm³/mol. The summed E-state index contributed by atoms with van der Waals surface area (Å²) in [6.07, 6.45) is 0. The molecule has 3 nitrogen and oxygen atoms in total. The molecule has 5 heteroatoms. The number of rotatable bonds is 5. The lowest BCUT2D eigenvalue weighted by Gasteiger charge is -2.32. The molecule has 1 aromatic heterocycles. The van der Waals surface area contributed by atoms with Crippen molar-refractivity contribution in [1.82, 2.24) is 0 Å². The Morgan fingerprint density at radius 2 is 1.21 bits per heavy atom. The normalized spacial score (nSPS) is 15.9. The molecule has 0 amide bonds. The van der Waals surface area contributed by atoms with Crippen molar-refractivity contribution >= 4 is 61.2 Å². The summed E-state index contributed by atoms with van der Waals surface area (Å²) in [5, 5.41) is 2.54. The van der Waals surface area contributed by atoms with Gasteiger partial charge in [-0.25, -0.2) is 0 Å². The lowest BCUT2D eigenvalue weighted by molar-refractivity contribution is 0.00578. The molecule has 1 aliphatic heterocycles. The molecule has 0 unspecified atom stereocenters. The summed E-state index contributed by atoms with van der Waals surface area (Å²) in [6.45, 7) is 10.6. The summed E-state index contributed by atoms with van der Waals surface area (Å²) < 4.78 is 15.5. The van der Waals surface area contributed by atoms with Gasteiger partial charge in [-0.2, -0.15) is 0 Å². The highest BCUT2D eigenvalue weighted by molar-refractivity contribution is 7.26. The fraction of sp³-hybridized carbons (Fsp3) is 0.189. The number of benzene rings is 5. The van der Waals surface area contributed by atoms with Crippen LogP contribution in [0.2, 0.25) is 0 Å². The van der Waals surface area contributed by atoms with E-state index in [1.165, 1.54) is 36.9 Å². The van der Waals surface area contributed by atoms with Gasteiger partial charge >= 0.3 is 7.12 Å². The molecular weight excluding hydrogens is 533 g/mol. The van der Waals surface area contributed by atoms with Crippen molar-refractivity contribution in [1.29, 1.82) is 0 Å². The molecule has 0 saturated carbocycles. The molecule has 0 aliphatic carbocycles. The Morgan fingerprint density at radius 1 is 0.619 bits per heavy atom. The molecule has 2 heterocycles. The molecule has 42 heavy (non-hydrogen) atoms. The van der Waals surface area contributed by atoms with Gasteiger partial charge in [-0.05, 0) is 88.1 Å². The Balaban J connectivity index is 1.47. The topological polar surface area (TPSA) is 21.7 Å². The SMILES string of the molecule is Cc1cc(B2OC(C)(C)C(C)(C)O2)cc(-c2cc(N(c3ccccc3)c3ccccc3)cc3c2sc2ccccc23)c1. The minimum absolute atomic E-state index is 0.397. The maximum atomic E-state index is 6.48. The molecule has 6 aromatic rings. The largest absolute Gasteiger partial charge is 0.494 e. The number of nitrogens with zero attached hydrogens (tertiary/aromatic N) is 1. The number of hydrogen-bond donors (Lipinski definition) is 0. The van der Waals surface area contributed by atoms with Crippen LogP contribution in [0.15, 0.2) is 115 Å². The van der Waals surface area contributed by atoms with Crippen molar-refractivity contribution in [3.63, 3.8) is 0 Å². The number of aryl methyl sites for hydroxylation is 1. The van der Waals surface area contributed by atoms with E-state index in [-0.39, 0.29) is 0 Å². The van der Waals surface area contributed by atoms with Crippen LogP contribution in [0.3, 0.4) is 0 Å². The number of fused-ring (bicyclic) bond motifs is 3. The van der Waals surface area contributed by atoms with Crippen LogP contribution in [0.25, 0.3) is 31.3 Å². The maximum Gasteiger partial charge on any atom is 0.494 e. The number of para-hydroxylation sites is 2. The van der Waals surface area contributed by atoms with Crippen molar-refractivity contribution in [2.24, 2.45) is 0 Å². The average Bonchev–Trinajstić information content (AvgIpc) is 3.46. The van der Waals surface area contributed by atoms with Gasteiger partial charge in [0.2, 0.25) is 0 Å². The average molecular weight is 568 g/mol. The van der Waals surface area contributed by atoms with E-state index in [0.717, 1.165) is 22.5 Å². The molecule has 0 spiro atoms. The summed E-state index contributed by atoms with van der Waals surface area (Å²) in [6, 6.07) is 41.4. The van der Waals surface area contributed by atoms with E-state index in [1.54, 1.807) is 0 Å². The highest BCUT2D eigenvalue weighted by Gasteiger charge is 2.51. The summed E-state index contributed by atoms with van der Waals surface area (Å²) >= 11 is 1.86. The Labute approximate surface area is 252 Å². The lowest BCUT2D eigenvalue weighted by Crippen LogP contribution is -2.41. The number of anilines is 3. The van der Waals surface area contributed by atoms with Crippen molar-refractivity contribution in [2.75, 3.05) is 4.90 Å². The smallest absolute Gasteiger partial charge is 0.399 e. The first-order valence-electron chi connectivity index (χ1n) is 14.5.